The van der Waals surface area contributed by atoms with Crippen molar-refractivity contribution < 1.29 is 9.84 Å². The molecule has 0 saturated heterocycles. The van der Waals surface area contributed by atoms with Gasteiger partial charge in [0, 0.05) is 35.4 Å². The Balaban J connectivity index is 1.39. The summed E-state index contributed by atoms with van der Waals surface area (Å²) in [6.45, 7) is 6.55. The van der Waals surface area contributed by atoms with Crippen LogP contribution in [0.4, 0.5) is 11.4 Å². The molecule has 35 heavy (non-hydrogen) atoms. The number of fused-ring (bicyclic) bond motifs is 1. The van der Waals surface area contributed by atoms with E-state index in [4.69, 9.17) is 4.74 Å². The average Bonchev–Trinajstić information content (AvgIpc) is 2.92. The predicted octanol–water partition coefficient (Wildman–Crippen LogP) is 6.33. The Hall–Kier alpha value is -3.76. The number of hydrogen-bond donors (Lipinski definition) is 1. The molecule has 1 aliphatic heterocycles. The Morgan fingerprint density at radius 1 is 0.829 bits per heavy atom. The minimum absolute atomic E-state index is 0.0274. The van der Waals surface area contributed by atoms with Crippen molar-refractivity contribution in [2.45, 2.75) is 32.4 Å². The molecule has 0 fully saturated rings. The maximum absolute atomic E-state index is 9.97. The predicted molar refractivity (Wildman–Crippen MR) is 143 cm³/mol. The van der Waals surface area contributed by atoms with Gasteiger partial charge < -0.3 is 19.6 Å². The molecule has 4 aromatic carbocycles. The molecule has 1 N–H and O–H groups in total. The van der Waals surface area contributed by atoms with Gasteiger partial charge in [-0.3, -0.25) is 0 Å². The molecule has 4 nitrogen and oxygen atoms in total. The summed E-state index contributed by atoms with van der Waals surface area (Å²) in [7, 11) is 0. The van der Waals surface area contributed by atoms with Crippen LogP contribution in [0.5, 0.6) is 5.75 Å². The number of para-hydroxylation sites is 2. The fraction of sp³-hybridized carbons (Fsp3) is 0.226. The van der Waals surface area contributed by atoms with Crippen molar-refractivity contribution in [1.29, 1.82) is 0 Å². The standard InChI is InChI=1S/C31H32N2O2/c1-31(2,26-11-9-10-24(18-26)20-32(22-34)28-12-5-3-6-13-28)27-16-17-30-25(19-27)21-33(23-35-30)29-14-7-4-8-15-29/h3-19,34H,20-23H2,1-2H3. The van der Waals surface area contributed by atoms with Gasteiger partial charge >= 0.3 is 0 Å². The second-order valence-corrected chi connectivity index (χ2v) is 9.63. The second-order valence-electron chi connectivity index (χ2n) is 9.63. The van der Waals surface area contributed by atoms with Crippen LogP contribution in [0.15, 0.2) is 103 Å². The highest BCUT2D eigenvalue weighted by Gasteiger charge is 2.26. The van der Waals surface area contributed by atoms with Crippen molar-refractivity contribution in [1.82, 2.24) is 0 Å². The molecule has 0 aromatic heterocycles. The highest BCUT2D eigenvalue weighted by atomic mass is 16.5. The number of ether oxygens (including phenoxy) is 1. The maximum Gasteiger partial charge on any atom is 0.161 e. The van der Waals surface area contributed by atoms with Gasteiger partial charge in [0.1, 0.15) is 12.5 Å². The number of aliphatic hydroxyl groups is 1. The van der Waals surface area contributed by atoms with Gasteiger partial charge in [0.15, 0.2) is 6.73 Å². The lowest BCUT2D eigenvalue weighted by Gasteiger charge is -2.33. The lowest BCUT2D eigenvalue weighted by Crippen LogP contribution is -2.32. The van der Waals surface area contributed by atoms with Crippen LogP contribution in [0.1, 0.15) is 36.1 Å². The Kier molecular flexibility index (Phi) is 6.47. The molecule has 0 amide bonds. The van der Waals surface area contributed by atoms with Crippen LogP contribution in [0.3, 0.4) is 0 Å². The zero-order valence-electron chi connectivity index (χ0n) is 20.4. The summed E-state index contributed by atoms with van der Waals surface area (Å²) in [6, 6.07) is 35.7. The van der Waals surface area contributed by atoms with Crippen molar-refractivity contribution in [2.24, 2.45) is 0 Å². The lowest BCUT2D eigenvalue weighted by molar-refractivity contribution is 0.289. The van der Waals surface area contributed by atoms with E-state index in [-0.39, 0.29) is 12.1 Å². The second kappa shape index (κ2) is 9.85. The number of benzene rings is 4. The Morgan fingerprint density at radius 3 is 2.29 bits per heavy atom. The van der Waals surface area contributed by atoms with E-state index in [1.54, 1.807) is 0 Å². The molecule has 1 aliphatic rings. The first-order valence-electron chi connectivity index (χ1n) is 12.1. The van der Waals surface area contributed by atoms with Crippen LogP contribution in [0.2, 0.25) is 0 Å². The van der Waals surface area contributed by atoms with Crippen LogP contribution in [0.25, 0.3) is 0 Å². The smallest absolute Gasteiger partial charge is 0.161 e. The number of hydrogen-bond acceptors (Lipinski definition) is 4. The first-order valence-corrected chi connectivity index (χ1v) is 12.1. The highest BCUT2D eigenvalue weighted by molar-refractivity contribution is 5.52. The van der Waals surface area contributed by atoms with Crippen LogP contribution in [0, 0.1) is 0 Å². The highest BCUT2D eigenvalue weighted by Crippen LogP contribution is 2.37. The Bertz CT molecular complexity index is 1270. The normalized spacial score (nSPS) is 13.2. The van der Waals surface area contributed by atoms with Crippen molar-refractivity contribution >= 4 is 11.4 Å². The minimum Gasteiger partial charge on any atom is -0.473 e. The zero-order valence-corrected chi connectivity index (χ0v) is 20.4. The fourth-order valence-corrected chi connectivity index (χ4v) is 4.74. The molecule has 0 unspecified atom stereocenters. The number of rotatable bonds is 7. The van der Waals surface area contributed by atoms with E-state index < -0.39 is 0 Å². The molecule has 1 heterocycles. The number of aliphatic hydroxyl groups excluding tert-OH is 1. The van der Waals surface area contributed by atoms with Gasteiger partial charge in [-0.15, -0.1) is 0 Å². The van der Waals surface area contributed by atoms with Crippen molar-refractivity contribution in [2.75, 3.05) is 23.3 Å². The van der Waals surface area contributed by atoms with Gasteiger partial charge in [0.2, 0.25) is 0 Å². The lowest BCUT2D eigenvalue weighted by atomic mass is 9.77. The van der Waals surface area contributed by atoms with Gasteiger partial charge in [-0.05, 0) is 53.1 Å². The molecule has 0 radical (unpaired) electrons. The van der Waals surface area contributed by atoms with E-state index in [1.165, 1.54) is 27.9 Å². The van der Waals surface area contributed by atoms with Crippen LogP contribution in [-0.4, -0.2) is 18.6 Å². The topological polar surface area (TPSA) is 35.9 Å². The van der Waals surface area contributed by atoms with Crippen LogP contribution in [-0.2, 0) is 18.5 Å². The van der Waals surface area contributed by atoms with E-state index in [0.29, 0.717) is 13.3 Å². The molecule has 5 rings (SSSR count). The van der Waals surface area contributed by atoms with Crippen molar-refractivity contribution in [3.8, 4) is 5.75 Å². The van der Waals surface area contributed by atoms with E-state index in [1.807, 2.05) is 41.3 Å². The summed E-state index contributed by atoms with van der Waals surface area (Å²) >= 11 is 0. The summed E-state index contributed by atoms with van der Waals surface area (Å²) in [6.07, 6.45) is 0. The molecule has 4 heteroatoms. The van der Waals surface area contributed by atoms with Crippen LogP contribution < -0.4 is 14.5 Å². The van der Waals surface area contributed by atoms with Crippen LogP contribution >= 0.6 is 0 Å². The minimum atomic E-state index is -0.184. The number of anilines is 2. The average molecular weight is 465 g/mol. The van der Waals surface area contributed by atoms with E-state index in [9.17, 15) is 5.11 Å². The number of nitrogens with zero attached hydrogens (tertiary/aromatic N) is 2. The monoisotopic (exact) mass is 464 g/mol. The third kappa shape index (κ3) is 4.89. The fourth-order valence-electron chi connectivity index (χ4n) is 4.74. The first-order chi connectivity index (χ1) is 17.0. The molecular weight excluding hydrogens is 432 g/mol. The molecular formula is C31H32N2O2. The summed E-state index contributed by atoms with van der Waals surface area (Å²) in [4.78, 5) is 4.23. The van der Waals surface area contributed by atoms with E-state index >= 15 is 0 Å². The molecule has 0 saturated carbocycles. The van der Waals surface area contributed by atoms with E-state index in [0.717, 1.165) is 18.0 Å². The summed E-state index contributed by atoms with van der Waals surface area (Å²) in [5.41, 5.74) is 6.88. The summed E-state index contributed by atoms with van der Waals surface area (Å²) in [5.74, 6) is 0.965. The summed E-state index contributed by atoms with van der Waals surface area (Å²) < 4.78 is 6.08. The first kappa shape index (κ1) is 23.0. The quantitative estimate of drug-likeness (QED) is 0.325. The largest absolute Gasteiger partial charge is 0.473 e. The Labute approximate surface area is 208 Å². The SMILES string of the molecule is CC(C)(c1cccc(CN(CO)c2ccccc2)c1)c1ccc2c(c1)CN(c1ccccc1)CO2. The Morgan fingerprint density at radius 2 is 1.54 bits per heavy atom. The molecule has 0 aliphatic carbocycles. The molecule has 0 bridgehead atoms. The maximum atomic E-state index is 9.97. The van der Waals surface area contributed by atoms with Crippen molar-refractivity contribution in [3.05, 3.63) is 125 Å². The van der Waals surface area contributed by atoms with Gasteiger partial charge in [-0.2, -0.15) is 0 Å². The third-order valence-electron chi connectivity index (χ3n) is 6.95. The zero-order chi connectivity index (χ0) is 24.3. The van der Waals surface area contributed by atoms with Gasteiger partial charge in [0.25, 0.3) is 0 Å². The van der Waals surface area contributed by atoms with Crippen molar-refractivity contribution in [3.63, 3.8) is 0 Å². The van der Waals surface area contributed by atoms with Gasteiger partial charge in [-0.25, -0.2) is 0 Å². The molecule has 0 atom stereocenters. The van der Waals surface area contributed by atoms with Gasteiger partial charge in [0.05, 0.1) is 0 Å². The summed E-state index contributed by atoms with van der Waals surface area (Å²) in [5, 5.41) is 9.97. The van der Waals surface area contributed by atoms with Gasteiger partial charge in [-0.1, -0.05) is 80.6 Å². The molecule has 0 spiro atoms. The third-order valence-corrected chi connectivity index (χ3v) is 6.95. The van der Waals surface area contributed by atoms with E-state index in [2.05, 4.69) is 85.5 Å². The molecule has 178 valence electrons. The molecule has 4 aromatic rings.